The number of imidazole rings is 1. The normalized spacial score (nSPS) is 33.5. The number of hydrogen-bond acceptors (Lipinski definition) is 2. The zero-order valence-corrected chi connectivity index (χ0v) is 8.47. The molecule has 0 aliphatic heterocycles. The van der Waals surface area contributed by atoms with Gasteiger partial charge in [0, 0.05) is 12.2 Å². The van der Waals surface area contributed by atoms with Crippen LogP contribution in [0, 0.1) is 11.8 Å². The van der Waals surface area contributed by atoms with E-state index in [-0.39, 0.29) is 5.69 Å². The first-order chi connectivity index (χ1) is 7.25. The Bertz CT molecular complexity index is 399. The van der Waals surface area contributed by atoms with Crippen molar-refractivity contribution in [2.24, 2.45) is 11.8 Å². The van der Waals surface area contributed by atoms with Gasteiger partial charge in [-0.15, -0.1) is 0 Å². The smallest absolute Gasteiger partial charge is 0.356 e. The van der Waals surface area contributed by atoms with Crippen molar-refractivity contribution in [2.75, 3.05) is 0 Å². The van der Waals surface area contributed by atoms with Crippen LogP contribution in [0.3, 0.4) is 0 Å². The summed E-state index contributed by atoms with van der Waals surface area (Å²) in [5.74, 6) is 0.755. The molecule has 1 N–H and O–H groups in total. The molecule has 2 aliphatic rings. The zero-order chi connectivity index (χ0) is 10.4. The highest BCUT2D eigenvalue weighted by atomic mass is 16.4. The van der Waals surface area contributed by atoms with Gasteiger partial charge in [0.25, 0.3) is 0 Å². The van der Waals surface area contributed by atoms with Crippen LogP contribution in [0.15, 0.2) is 12.5 Å². The topological polar surface area (TPSA) is 55.1 Å². The standard InChI is InChI=1S/C11H14N2O2/c14-11(15)9-5-13(6-12-9)10-3-1-2-7-4-8(7)10/h5-8,10H,1-4H2,(H,14,15). The summed E-state index contributed by atoms with van der Waals surface area (Å²) in [6, 6.07) is 0.504. The minimum Gasteiger partial charge on any atom is -0.476 e. The molecule has 15 heavy (non-hydrogen) atoms. The molecule has 2 fully saturated rings. The molecule has 80 valence electrons. The first-order valence-corrected chi connectivity index (χ1v) is 5.52. The van der Waals surface area contributed by atoms with Gasteiger partial charge in [0.05, 0.1) is 6.33 Å². The highest BCUT2D eigenvalue weighted by Gasteiger charge is 2.45. The summed E-state index contributed by atoms with van der Waals surface area (Å²) in [7, 11) is 0. The maximum Gasteiger partial charge on any atom is 0.356 e. The molecule has 3 unspecified atom stereocenters. The maximum atomic E-state index is 10.7. The summed E-state index contributed by atoms with van der Waals surface area (Å²) in [6.45, 7) is 0. The van der Waals surface area contributed by atoms with E-state index < -0.39 is 5.97 Å². The van der Waals surface area contributed by atoms with Crippen molar-refractivity contribution in [2.45, 2.75) is 31.7 Å². The number of aromatic carboxylic acids is 1. The molecule has 4 nitrogen and oxygen atoms in total. The molecular weight excluding hydrogens is 192 g/mol. The van der Waals surface area contributed by atoms with Crippen LogP contribution in [-0.2, 0) is 0 Å². The van der Waals surface area contributed by atoms with E-state index in [1.165, 1.54) is 25.7 Å². The Labute approximate surface area is 87.9 Å². The van der Waals surface area contributed by atoms with Crippen LogP contribution in [0.1, 0.15) is 42.2 Å². The van der Waals surface area contributed by atoms with Gasteiger partial charge in [-0.1, -0.05) is 12.8 Å². The van der Waals surface area contributed by atoms with E-state index in [2.05, 4.69) is 4.98 Å². The fraction of sp³-hybridized carbons (Fsp3) is 0.636. The Hall–Kier alpha value is -1.32. The van der Waals surface area contributed by atoms with Crippen LogP contribution < -0.4 is 0 Å². The molecule has 0 aromatic carbocycles. The van der Waals surface area contributed by atoms with Gasteiger partial charge < -0.3 is 9.67 Å². The van der Waals surface area contributed by atoms with E-state index >= 15 is 0 Å². The number of carboxylic acids is 1. The molecule has 1 heterocycles. The fourth-order valence-corrected chi connectivity index (χ4v) is 2.88. The first kappa shape index (κ1) is 8.95. The van der Waals surface area contributed by atoms with Crippen LogP contribution in [-0.4, -0.2) is 20.6 Å². The Balaban J connectivity index is 1.82. The third-order valence-electron chi connectivity index (χ3n) is 3.75. The molecule has 0 radical (unpaired) electrons. The summed E-state index contributed by atoms with van der Waals surface area (Å²) in [5.41, 5.74) is 0.165. The van der Waals surface area contributed by atoms with Gasteiger partial charge in [0.15, 0.2) is 5.69 Å². The molecule has 3 atom stereocenters. The van der Waals surface area contributed by atoms with Gasteiger partial charge in [-0.25, -0.2) is 9.78 Å². The lowest BCUT2D eigenvalue weighted by Crippen LogP contribution is -2.14. The number of carbonyl (C=O) groups is 1. The average molecular weight is 206 g/mol. The van der Waals surface area contributed by atoms with Crippen molar-refractivity contribution in [1.82, 2.24) is 9.55 Å². The van der Waals surface area contributed by atoms with Gasteiger partial charge >= 0.3 is 5.97 Å². The quantitative estimate of drug-likeness (QED) is 0.804. The predicted octanol–water partition coefficient (Wildman–Crippen LogP) is 1.94. The van der Waals surface area contributed by atoms with E-state index in [9.17, 15) is 4.79 Å². The molecule has 0 bridgehead atoms. The largest absolute Gasteiger partial charge is 0.476 e. The molecule has 0 saturated heterocycles. The van der Waals surface area contributed by atoms with Crippen molar-refractivity contribution in [3.63, 3.8) is 0 Å². The molecule has 2 aliphatic carbocycles. The Morgan fingerprint density at radius 3 is 3.13 bits per heavy atom. The molecule has 2 saturated carbocycles. The lowest BCUT2D eigenvalue weighted by molar-refractivity contribution is 0.0691. The highest BCUT2D eigenvalue weighted by molar-refractivity contribution is 5.84. The Morgan fingerprint density at radius 2 is 2.40 bits per heavy atom. The highest BCUT2D eigenvalue weighted by Crippen LogP contribution is 2.54. The first-order valence-electron chi connectivity index (χ1n) is 5.52. The van der Waals surface area contributed by atoms with Gasteiger partial charge in [-0.2, -0.15) is 0 Å². The molecule has 3 rings (SSSR count). The molecular formula is C11H14N2O2. The van der Waals surface area contributed by atoms with Crippen molar-refractivity contribution < 1.29 is 9.90 Å². The number of aromatic nitrogens is 2. The SMILES string of the molecule is O=C(O)c1cn(C2CCCC3CC32)cn1. The third-order valence-corrected chi connectivity index (χ3v) is 3.75. The van der Waals surface area contributed by atoms with Crippen molar-refractivity contribution in [3.05, 3.63) is 18.2 Å². The maximum absolute atomic E-state index is 10.7. The second kappa shape index (κ2) is 3.08. The van der Waals surface area contributed by atoms with Gasteiger partial charge in [0.2, 0.25) is 0 Å². The number of carboxylic acid groups (broad SMARTS) is 1. The number of nitrogens with zero attached hydrogens (tertiary/aromatic N) is 2. The van der Waals surface area contributed by atoms with Crippen LogP contribution in [0.5, 0.6) is 0 Å². The molecule has 0 spiro atoms. The lowest BCUT2D eigenvalue weighted by Gasteiger charge is -2.22. The molecule has 1 aromatic rings. The van der Waals surface area contributed by atoms with Crippen LogP contribution in [0.2, 0.25) is 0 Å². The summed E-state index contributed by atoms with van der Waals surface area (Å²) in [4.78, 5) is 14.6. The van der Waals surface area contributed by atoms with Crippen molar-refractivity contribution in [1.29, 1.82) is 0 Å². The minimum atomic E-state index is -0.933. The van der Waals surface area contributed by atoms with Gasteiger partial charge in [-0.3, -0.25) is 0 Å². The minimum absolute atomic E-state index is 0.165. The second-order valence-corrected chi connectivity index (χ2v) is 4.67. The molecule has 1 aromatic heterocycles. The summed E-state index contributed by atoms with van der Waals surface area (Å²) >= 11 is 0. The van der Waals surface area contributed by atoms with Crippen molar-refractivity contribution in [3.8, 4) is 0 Å². The summed E-state index contributed by atoms with van der Waals surface area (Å²) < 4.78 is 2.01. The Morgan fingerprint density at radius 1 is 1.53 bits per heavy atom. The average Bonchev–Trinajstić information content (AvgIpc) is 2.84. The number of fused-ring (bicyclic) bond motifs is 1. The second-order valence-electron chi connectivity index (χ2n) is 4.67. The zero-order valence-electron chi connectivity index (χ0n) is 8.47. The van der Waals surface area contributed by atoms with E-state index in [1.54, 1.807) is 12.5 Å². The molecule has 0 amide bonds. The van der Waals surface area contributed by atoms with E-state index in [0.29, 0.717) is 6.04 Å². The van der Waals surface area contributed by atoms with Crippen LogP contribution in [0.4, 0.5) is 0 Å². The Kier molecular flexibility index (Phi) is 1.84. The third kappa shape index (κ3) is 1.44. The summed E-state index contributed by atoms with van der Waals surface area (Å²) in [6.07, 6.45) is 8.48. The van der Waals surface area contributed by atoms with Crippen molar-refractivity contribution >= 4 is 5.97 Å². The van der Waals surface area contributed by atoms with Crippen LogP contribution in [0.25, 0.3) is 0 Å². The summed E-state index contributed by atoms with van der Waals surface area (Å²) in [5, 5.41) is 8.80. The monoisotopic (exact) mass is 206 g/mol. The van der Waals surface area contributed by atoms with E-state index in [0.717, 1.165) is 11.8 Å². The van der Waals surface area contributed by atoms with Crippen LogP contribution >= 0.6 is 0 Å². The number of rotatable bonds is 2. The van der Waals surface area contributed by atoms with Gasteiger partial charge in [-0.05, 0) is 24.7 Å². The van der Waals surface area contributed by atoms with E-state index in [1.807, 2.05) is 4.57 Å². The lowest BCUT2D eigenvalue weighted by atomic mass is 9.95. The fourth-order valence-electron chi connectivity index (χ4n) is 2.88. The molecule has 4 heteroatoms. The van der Waals surface area contributed by atoms with Gasteiger partial charge in [0.1, 0.15) is 0 Å². The number of hydrogen-bond donors (Lipinski definition) is 1. The predicted molar refractivity (Wildman–Crippen MR) is 53.7 cm³/mol. The van der Waals surface area contributed by atoms with E-state index in [4.69, 9.17) is 5.11 Å².